The molecule has 112 valence electrons. The van der Waals surface area contributed by atoms with Crippen LogP contribution in [0.5, 0.6) is 5.75 Å². The number of aryl methyl sites for hydroxylation is 3. The van der Waals surface area contributed by atoms with Crippen LogP contribution >= 0.6 is 0 Å². The maximum atomic E-state index is 5.15. The van der Waals surface area contributed by atoms with Crippen LogP contribution in [-0.4, -0.2) is 20.2 Å². The molecule has 2 aromatic rings. The van der Waals surface area contributed by atoms with Crippen LogP contribution in [0.25, 0.3) is 0 Å². The van der Waals surface area contributed by atoms with Crippen molar-refractivity contribution in [3.05, 3.63) is 53.1 Å². The molecule has 2 N–H and O–H groups in total. The van der Waals surface area contributed by atoms with Gasteiger partial charge in [-0.2, -0.15) is 0 Å². The van der Waals surface area contributed by atoms with Crippen LogP contribution in [-0.2, 0) is 0 Å². The third-order valence-corrected chi connectivity index (χ3v) is 3.52. The number of anilines is 2. The molecule has 0 aliphatic heterocycles. The zero-order chi connectivity index (χ0) is 15.2. The maximum absolute atomic E-state index is 5.15. The first-order valence-corrected chi connectivity index (χ1v) is 7.30. The molecule has 2 aromatic carbocycles. The van der Waals surface area contributed by atoms with E-state index in [4.69, 9.17) is 4.74 Å². The first-order valence-electron chi connectivity index (χ1n) is 7.30. The summed E-state index contributed by atoms with van der Waals surface area (Å²) in [5.74, 6) is 0.879. The number of ether oxygens (including phenoxy) is 1. The van der Waals surface area contributed by atoms with E-state index in [1.807, 2.05) is 24.3 Å². The Kier molecular flexibility index (Phi) is 5.09. The van der Waals surface area contributed by atoms with Crippen molar-refractivity contribution in [2.75, 3.05) is 30.8 Å². The SMILES string of the molecule is COc1ccc(NCCNc2c(C)cc(C)cc2C)cc1. The van der Waals surface area contributed by atoms with E-state index in [1.54, 1.807) is 7.11 Å². The smallest absolute Gasteiger partial charge is 0.119 e. The summed E-state index contributed by atoms with van der Waals surface area (Å²) in [6, 6.07) is 12.4. The number of nitrogens with one attached hydrogen (secondary N) is 2. The van der Waals surface area contributed by atoms with E-state index >= 15 is 0 Å². The van der Waals surface area contributed by atoms with Gasteiger partial charge in [0.15, 0.2) is 0 Å². The Balaban J connectivity index is 1.84. The Labute approximate surface area is 127 Å². The van der Waals surface area contributed by atoms with Gasteiger partial charge in [0.1, 0.15) is 5.75 Å². The number of benzene rings is 2. The molecule has 0 atom stereocenters. The second-order valence-corrected chi connectivity index (χ2v) is 5.36. The lowest BCUT2D eigenvalue weighted by Gasteiger charge is -2.14. The summed E-state index contributed by atoms with van der Waals surface area (Å²) in [7, 11) is 1.68. The van der Waals surface area contributed by atoms with Gasteiger partial charge in [0.25, 0.3) is 0 Å². The van der Waals surface area contributed by atoms with Gasteiger partial charge in [0.05, 0.1) is 7.11 Å². The topological polar surface area (TPSA) is 33.3 Å². The lowest BCUT2D eigenvalue weighted by Crippen LogP contribution is -2.14. The standard InChI is InChI=1S/C18H24N2O/c1-13-11-14(2)18(15(3)12-13)20-10-9-19-16-5-7-17(21-4)8-6-16/h5-8,11-12,19-20H,9-10H2,1-4H3. The van der Waals surface area contributed by atoms with Gasteiger partial charge >= 0.3 is 0 Å². The molecule has 3 nitrogen and oxygen atoms in total. The summed E-state index contributed by atoms with van der Waals surface area (Å²) in [6.45, 7) is 8.20. The van der Waals surface area contributed by atoms with Crippen molar-refractivity contribution < 1.29 is 4.74 Å². The lowest BCUT2D eigenvalue weighted by atomic mass is 10.1. The third kappa shape index (κ3) is 4.15. The van der Waals surface area contributed by atoms with Crippen molar-refractivity contribution >= 4 is 11.4 Å². The van der Waals surface area contributed by atoms with Crippen LogP contribution in [0.15, 0.2) is 36.4 Å². The van der Waals surface area contributed by atoms with Crippen LogP contribution in [0.2, 0.25) is 0 Å². The minimum atomic E-state index is 0.874. The average molecular weight is 284 g/mol. The van der Waals surface area contributed by atoms with Crippen LogP contribution < -0.4 is 15.4 Å². The van der Waals surface area contributed by atoms with E-state index in [2.05, 4.69) is 43.5 Å². The molecule has 0 bridgehead atoms. The summed E-state index contributed by atoms with van der Waals surface area (Å²) >= 11 is 0. The van der Waals surface area contributed by atoms with Crippen LogP contribution in [0.3, 0.4) is 0 Å². The molecule has 0 aliphatic carbocycles. The molecule has 0 aliphatic rings. The quantitative estimate of drug-likeness (QED) is 0.782. The highest BCUT2D eigenvalue weighted by Crippen LogP contribution is 2.21. The van der Waals surface area contributed by atoms with Crippen molar-refractivity contribution in [3.8, 4) is 5.75 Å². The second-order valence-electron chi connectivity index (χ2n) is 5.36. The molecule has 0 spiro atoms. The highest BCUT2D eigenvalue weighted by molar-refractivity contribution is 5.58. The minimum absolute atomic E-state index is 0.874. The molecule has 0 radical (unpaired) electrons. The second kappa shape index (κ2) is 7.02. The fourth-order valence-corrected chi connectivity index (χ4v) is 2.56. The Morgan fingerprint density at radius 2 is 1.43 bits per heavy atom. The van der Waals surface area contributed by atoms with Gasteiger partial charge in [-0.05, 0) is 56.2 Å². The van der Waals surface area contributed by atoms with E-state index in [0.717, 1.165) is 24.5 Å². The van der Waals surface area contributed by atoms with Gasteiger partial charge in [-0.1, -0.05) is 17.7 Å². The predicted molar refractivity (Wildman–Crippen MR) is 90.6 cm³/mol. The van der Waals surface area contributed by atoms with Crippen molar-refractivity contribution in [3.63, 3.8) is 0 Å². The molecule has 2 rings (SSSR count). The average Bonchev–Trinajstić information content (AvgIpc) is 2.46. The van der Waals surface area contributed by atoms with Crippen LogP contribution in [0.4, 0.5) is 11.4 Å². The van der Waals surface area contributed by atoms with E-state index in [-0.39, 0.29) is 0 Å². The van der Waals surface area contributed by atoms with E-state index in [0.29, 0.717) is 0 Å². The molecule has 0 saturated heterocycles. The molecule has 0 aromatic heterocycles. The summed E-state index contributed by atoms with van der Waals surface area (Å²) in [5, 5.41) is 6.91. The molecule has 0 saturated carbocycles. The van der Waals surface area contributed by atoms with Gasteiger partial charge < -0.3 is 15.4 Å². The molecule has 3 heteroatoms. The zero-order valence-electron chi connectivity index (χ0n) is 13.3. The Morgan fingerprint density at radius 1 is 0.857 bits per heavy atom. The molecule has 21 heavy (non-hydrogen) atoms. The highest BCUT2D eigenvalue weighted by Gasteiger charge is 2.02. The first kappa shape index (κ1) is 15.2. The zero-order valence-corrected chi connectivity index (χ0v) is 13.3. The summed E-state index contributed by atoms with van der Waals surface area (Å²) in [6.07, 6.45) is 0. The monoisotopic (exact) mass is 284 g/mol. The number of rotatable bonds is 6. The summed E-state index contributed by atoms with van der Waals surface area (Å²) in [5.41, 5.74) is 6.27. The number of hydrogen-bond acceptors (Lipinski definition) is 3. The fraction of sp³-hybridized carbons (Fsp3) is 0.333. The van der Waals surface area contributed by atoms with E-state index < -0.39 is 0 Å². The molecule has 0 unspecified atom stereocenters. The van der Waals surface area contributed by atoms with E-state index in [9.17, 15) is 0 Å². The summed E-state index contributed by atoms with van der Waals surface area (Å²) in [4.78, 5) is 0. The molecule has 0 fully saturated rings. The largest absolute Gasteiger partial charge is 0.497 e. The van der Waals surface area contributed by atoms with Gasteiger partial charge in [-0.3, -0.25) is 0 Å². The fourth-order valence-electron chi connectivity index (χ4n) is 2.56. The Morgan fingerprint density at radius 3 is 2.00 bits per heavy atom. The summed E-state index contributed by atoms with van der Waals surface area (Å²) < 4.78 is 5.15. The molecule has 0 heterocycles. The molecular weight excluding hydrogens is 260 g/mol. The van der Waals surface area contributed by atoms with Crippen molar-refractivity contribution in [1.29, 1.82) is 0 Å². The van der Waals surface area contributed by atoms with Gasteiger partial charge in [-0.25, -0.2) is 0 Å². The number of hydrogen-bond donors (Lipinski definition) is 2. The van der Waals surface area contributed by atoms with Crippen molar-refractivity contribution in [2.45, 2.75) is 20.8 Å². The van der Waals surface area contributed by atoms with Gasteiger partial charge in [0.2, 0.25) is 0 Å². The minimum Gasteiger partial charge on any atom is -0.497 e. The molecule has 0 amide bonds. The Bertz CT molecular complexity index is 568. The highest BCUT2D eigenvalue weighted by atomic mass is 16.5. The first-order chi connectivity index (χ1) is 10.1. The number of methoxy groups -OCH3 is 1. The third-order valence-electron chi connectivity index (χ3n) is 3.52. The van der Waals surface area contributed by atoms with Gasteiger partial charge in [0, 0.05) is 24.5 Å². The van der Waals surface area contributed by atoms with Crippen molar-refractivity contribution in [2.24, 2.45) is 0 Å². The van der Waals surface area contributed by atoms with Crippen molar-refractivity contribution in [1.82, 2.24) is 0 Å². The predicted octanol–water partition coefficient (Wildman–Crippen LogP) is 4.14. The molecular formula is C18H24N2O. The van der Waals surface area contributed by atoms with E-state index in [1.165, 1.54) is 22.4 Å². The van der Waals surface area contributed by atoms with Crippen LogP contribution in [0.1, 0.15) is 16.7 Å². The van der Waals surface area contributed by atoms with Crippen LogP contribution in [0, 0.1) is 20.8 Å². The normalized spacial score (nSPS) is 10.3. The lowest BCUT2D eigenvalue weighted by molar-refractivity contribution is 0.415. The Hall–Kier alpha value is -2.16. The maximum Gasteiger partial charge on any atom is 0.119 e. The van der Waals surface area contributed by atoms with Gasteiger partial charge in [-0.15, -0.1) is 0 Å².